The van der Waals surface area contributed by atoms with Crippen LogP contribution in [0.2, 0.25) is 5.02 Å². The predicted octanol–water partition coefficient (Wildman–Crippen LogP) is 1.73. The molecule has 1 amide bonds. The van der Waals surface area contributed by atoms with Gasteiger partial charge in [0.25, 0.3) is 5.91 Å². The first-order valence-electron chi connectivity index (χ1n) is 6.01. The Labute approximate surface area is 126 Å². The summed E-state index contributed by atoms with van der Waals surface area (Å²) in [5.74, 6) is -0.165. The number of nitrogens with zero attached hydrogens (tertiary/aromatic N) is 3. The summed E-state index contributed by atoms with van der Waals surface area (Å²) in [6, 6.07) is 5.04. The van der Waals surface area contributed by atoms with Crippen LogP contribution < -0.4 is 11.1 Å². The van der Waals surface area contributed by atoms with E-state index < -0.39 is 0 Å². The number of amidine groups is 1. The summed E-state index contributed by atoms with van der Waals surface area (Å²) in [7, 11) is 1.63. The molecule has 0 fully saturated rings. The Morgan fingerprint density at radius 1 is 1.48 bits per heavy atom. The first-order valence-corrected chi connectivity index (χ1v) is 6.39. The number of oxime groups is 1. The number of amides is 1. The smallest absolute Gasteiger partial charge is 0.257 e. The zero-order valence-electron chi connectivity index (χ0n) is 11.5. The van der Waals surface area contributed by atoms with Gasteiger partial charge in [-0.15, -0.1) is 0 Å². The molecule has 0 aliphatic carbocycles. The number of carbonyl (C=O) groups is 1. The molecule has 8 heteroatoms. The van der Waals surface area contributed by atoms with Gasteiger partial charge in [0.05, 0.1) is 11.8 Å². The minimum Gasteiger partial charge on any atom is -0.409 e. The average Bonchev–Trinajstić information content (AvgIpc) is 2.82. The average molecular weight is 308 g/mol. The molecule has 0 spiro atoms. The molecule has 0 unspecified atom stereocenters. The Kier molecular flexibility index (Phi) is 4.13. The van der Waals surface area contributed by atoms with Crippen molar-refractivity contribution in [2.75, 3.05) is 5.32 Å². The third-order valence-corrected chi connectivity index (χ3v) is 3.23. The molecule has 0 aliphatic heterocycles. The number of nitrogens with one attached hydrogen (secondary N) is 1. The molecule has 1 aromatic carbocycles. The van der Waals surface area contributed by atoms with E-state index in [9.17, 15) is 4.79 Å². The molecule has 0 saturated carbocycles. The highest BCUT2D eigenvalue weighted by molar-refractivity contribution is 6.31. The molecule has 0 radical (unpaired) electrons. The lowest BCUT2D eigenvalue weighted by Gasteiger charge is -2.10. The number of benzene rings is 1. The third kappa shape index (κ3) is 2.97. The number of aryl methyl sites for hydroxylation is 2. The van der Waals surface area contributed by atoms with Crippen LogP contribution in [0.4, 0.5) is 5.82 Å². The van der Waals surface area contributed by atoms with Crippen LogP contribution in [0.25, 0.3) is 0 Å². The quantitative estimate of drug-likeness (QED) is 0.347. The standard InChI is InChI=1S/C13H14ClN5O2/c1-7-3-4-8(14)5-9(7)13(20)17-12-10(11(15)18-21)6-16-19(12)2/h3-6,21H,1-2H3,(H2,15,18)(H,17,20). The lowest BCUT2D eigenvalue weighted by Crippen LogP contribution is -2.20. The molecule has 2 aromatic rings. The van der Waals surface area contributed by atoms with Crippen molar-refractivity contribution in [1.82, 2.24) is 9.78 Å². The largest absolute Gasteiger partial charge is 0.409 e. The van der Waals surface area contributed by atoms with Gasteiger partial charge >= 0.3 is 0 Å². The molecule has 0 atom stereocenters. The summed E-state index contributed by atoms with van der Waals surface area (Å²) in [5.41, 5.74) is 7.10. The Hall–Kier alpha value is -2.54. The first-order chi connectivity index (χ1) is 9.93. The van der Waals surface area contributed by atoms with E-state index >= 15 is 0 Å². The minimum absolute atomic E-state index is 0.138. The number of aromatic nitrogens is 2. The topological polar surface area (TPSA) is 106 Å². The molecule has 4 N–H and O–H groups in total. The van der Waals surface area contributed by atoms with Crippen LogP contribution in [0, 0.1) is 6.92 Å². The van der Waals surface area contributed by atoms with Gasteiger partial charge in [0.1, 0.15) is 5.82 Å². The summed E-state index contributed by atoms with van der Waals surface area (Å²) >= 11 is 5.91. The van der Waals surface area contributed by atoms with Crippen LogP contribution in [-0.4, -0.2) is 26.7 Å². The fourth-order valence-electron chi connectivity index (χ4n) is 1.84. The summed E-state index contributed by atoms with van der Waals surface area (Å²) in [5, 5.41) is 18.8. The fourth-order valence-corrected chi connectivity index (χ4v) is 2.01. The van der Waals surface area contributed by atoms with E-state index in [4.69, 9.17) is 22.5 Å². The van der Waals surface area contributed by atoms with E-state index in [1.54, 1.807) is 32.2 Å². The first kappa shape index (κ1) is 14.9. The van der Waals surface area contributed by atoms with Crippen LogP contribution in [0.15, 0.2) is 29.6 Å². The van der Waals surface area contributed by atoms with Crippen molar-refractivity contribution in [3.05, 3.63) is 46.1 Å². The van der Waals surface area contributed by atoms with Crippen LogP contribution in [-0.2, 0) is 7.05 Å². The third-order valence-electron chi connectivity index (χ3n) is 3.00. The number of anilines is 1. The van der Waals surface area contributed by atoms with Gasteiger partial charge in [-0.25, -0.2) is 0 Å². The molecule has 1 heterocycles. The molecular formula is C13H14ClN5O2. The zero-order valence-corrected chi connectivity index (χ0v) is 12.2. The molecule has 1 aromatic heterocycles. The zero-order chi connectivity index (χ0) is 15.6. The van der Waals surface area contributed by atoms with Crippen LogP contribution >= 0.6 is 11.6 Å². The Balaban J connectivity index is 2.36. The molecule has 0 bridgehead atoms. The Morgan fingerprint density at radius 3 is 2.86 bits per heavy atom. The lowest BCUT2D eigenvalue weighted by molar-refractivity contribution is 0.102. The second-order valence-corrected chi connectivity index (χ2v) is 4.87. The molecule has 0 saturated heterocycles. The summed E-state index contributed by atoms with van der Waals surface area (Å²) in [6.45, 7) is 1.80. The van der Waals surface area contributed by atoms with Crippen LogP contribution in [0.1, 0.15) is 21.5 Å². The molecule has 110 valence electrons. The van der Waals surface area contributed by atoms with Gasteiger partial charge in [-0.05, 0) is 24.6 Å². The van der Waals surface area contributed by atoms with E-state index in [1.165, 1.54) is 10.9 Å². The molecular weight excluding hydrogens is 294 g/mol. The Bertz CT molecular complexity index is 723. The molecule has 21 heavy (non-hydrogen) atoms. The van der Waals surface area contributed by atoms with Gasteiger partial charge in [0.2, 0.25) is 0 Å². The number of hydrogen-bond acceptors (Lipinski definition) is 4. The predicted molar refractivity (Wildman–Crippen MR) is 79.9 cm³/mol. The van der Waals surface area contributed by atoms with E-state index in [0.29, 0.717) is 22.0 Å². The number of carbonyl (C=O) groups excluding carboxylic acids is 1. The maximum absolute atomic E-state index is 12.3. The maximum atomic E-state index is 12.3. The molecule has 7 nitrogen and oxygen atoms in total. The fraction of sp³-hybridized carbons (Fsp3) is 0.154. The van der Waals surface area contributed by atoms with E-state index in [2.05, 4.69) is 15.6 Å². The highest BCUT2D eigenvalue weighted by atomic mass is 35.5. The van der Waals surface area contributed by atoms with Gasteiger partial charge < -0.3 is 16.3 Å². The van der Waals surface area contributed by atoms with Crippen molar-refractivity contribution in [3.63, 3.8) is 0 Å². The summed E-state index contributed by atoms with van der Waals surface area (Å²) < 4.78 is 1.42. The van der Waals surface area contributed by atoms with Crippen LogP contribution in [0.3, 0.4) is 0 Å². The van der Waals surface area contributed by atoms with Gasteiger partial charge in [-0.1, -0.05) is 22.8 Å². The number of hydrogen-bond donors (Lipinski definition) is 3. The maximum Gasteiger partial charge on any atom is 0.257 e. The number of halogens is 1. The van der Waals surface area contributed by atoms with E-state index in [1.807, 2.05) is 0 Å². The van der Waals surface area contributed by atoms with Crippen molar-refractivity contribution in [2.24, 2.45) is 17.9 Å². The summed E-state index contributed by atoms with van der Waals surface area (Å²) in [4.78, 5) is 12.3. The van der Waals surface area contributed by atoms with Gasteiger partial charge in [-0.3, -0.25) is 9.48 Å². The minimum atomic E-state index is -0.356. The van der Waals surface area contributed by atoms with Gasteiger partial charge in [0.15, 0.2) is 5.84 Å². The second kappa shape index (κ2) is 5.84. The van der Waals surface area contributed by atoms with Crippen LogP contribution in [0.5, 0.6) is 0 Å². The van der Waals surface area contributed by atoms with Gasteiger partial charge in [0, 0.05) is 17.6 Å². The van der Waals surface area contributed by atoms with Crippen molar-refractivity contribution < 1.29 is 10.0 Å². The highest BCUT2D eigenvalue weighted by Gasteiger charge is 2.17. The van der Waals surface area contributed by atoms with E-state index in [0.717, 1.165) is 5.56 Å². The van der Waals surface area contributed by atoms with E-state index in [-0.39, 0.29) is 11.7 Å². The van der Waals surface area contributed by atoms with Crippen molar-refractivity contribution >= 4 is 29.2 Å². The van der Waals surface area contributed by atoms with Crippen molar-refractivity contribution in [3.8, 4) is 0 Å². The number of rotatable bonds is 3. The lowest BCUT2D eigenvalue weighted by atomic mass is 10.1. The molecule has 2 rings (SSSR count). The summed E-state index contributed by atoms with van der Waals surface area (Å²) in [6.07, 6.45) is 1.40. The Morgan fingerprint density at radius 2 is 2.19 bits per heavy atom. The normalized spacial score (nSPS) is 11.5. The van der Waals surface area contributed by atoms with Crippen molar-refractivity contribution in [1.29, 1.82) is 0 Å². The number of nitrogens with two attached hydrogens (primary N) is 1. The van der Waals surface area contributed by atoms with Crippen molar-refractivity contribution in [2.45, 2.75) is 6.92 Å². The monoisotopic (exact) mass is 307 g/mol. The highest BCUT2D eigenvalue weighted by Crippen LogP contribution is 2.19. The van der Waals surface area contributed by atoms with Gasteiger partial charge in [-0.2, -0.15) is 5.10 Å². The molecule has 0 aliphatic rings. The second-order valence-electron chi connectivity index (χ2n) is 4.43. The SMILES string of the molecule is Cc1ccc(Cl)cc1C(=O)Nc1c(/C(N)=N/O)cnn1C.